The first-order chi connectivity index (χ1) is 39.3. The normalized spacial score (nSPS) is 20.7. The van der Waals surface area contributed by atoms with Crippen molar-refractivity contribution in [2.75, 3.05) is 26.0 Å². The molecule has 7 amide bonds. The van der Waals surface area contributed by atoms with Crippen LogP contribution in [0.4, 0.5) is 5.69 Å². The molecule has 3 aliphatic carbocycles. The summed E-state index contributed by atoms with van der Waals surface area (Å²) >= 11 is 0. The Morgan fingerprint density at radius 1 is 0.598 bits per heavy atom. The van der Waals surface area contributed by atoms with Gasteiger partial charge in [0.05, 0.1) is 24.2 Å². The van der Waals surface area contributed by atoms with Crippen LogP contribution in [-0.4, -0.2) is 109 Å². The van der Waals surface area contributed by atoms with Gasteiger partial charge in [-0.15, -0.1) is 0 Å². The number of ketones is 1. The minimum Gasteiger partial charge on any atom is -0.347 e. The molecular weight excluding hydrogens is 1030 g/mol. The van der Waals surface area contributed by atoms with Crippen molar-refractivity contribution in [2.45, 2.75) is 173 Å². The molecule has 4 aromatic carbocycles. The number of anilines is 1. The molecule has 82 heavy (non-hydrogen) atoms. The molecule has 0 aromatic heterocycles. The van der Waals surface area contributed by atoms with Gasteiger partial charge in [-0.3, -0.25) is 38.4 Å². The molecule has 9 atom stereocenters. The Morgan fingerprint density at radius 3 is 1.76 bits per heavy atom. The molecule has 0 spiro atoms. The minimum absolute atomic E-state index is 0.0326. The highest BCUT2D eigenvalue weighted by molar-refractivity contribution is 6.05. The largest absolute Gasteiger partial charge is 0.347 e. The number of aryl methyl sites for hydroxylation is 2. The second-order valence-corrected chi connectivity index (χ2v) is 24.2. The maximum atomic E-state index is 14.6. The van der Waals surface area contributed by atoms with Crippen molar-refractivity contribution in [2.24, 2.45) is 17.3 Å². The summed E-state index contributed by atoms with van der Waals surface area (Å²) < 4.78 is 0. The molecule has 8 rings (SSSR count). The Kier molecular flexibility index (Phi) is 20.5. The Labute approximate surface area is 483 Å². The van der Waals surface area contributed by atoms with Crippen LogP contribution in [0.2, 0.25) is 0 Å². The van der Waals surface area contributed by atoms with Gasteiger partial charge in [0.15, 0.2) is 0 Å². The zero-order chi connectivity index (χ0) is 58.7. The van der Waals surface area contributed by atoms with Crippen molar-refractivity contribution in [3.8, 4) is 0 Å². The number of nitrogens with zero attached hydrogens (tertiary/aromatic N) is 1. The third kappa shape index (κ3) is 15.2. The average Bonchev–Trinajstić information content (AvgIpc) is 4.02. The smallest absolute Gasteiger partial charge is 0.255 e. The standard InChI is InChI=1S/C65H85N9O8/c1-39(66-6)56(75)37-51(44-17-9-8-10-18-44)61(79)72-54(62(80)70-52-25-15-21-42-19-11-13-23-49(42)52)35-41-27-33-47(34-28-41)68-59(77)45-29-31-46(32-30-45)60(78)69-48-36-55(63(81)71-53-26-16-22-43-20-12-14-24-50(43)53)74(38-48)64(82)57(65(3,4)5)73-58(76)40(2)67-7/h11-14,19-20,23-24,27-34,39-40,44,48,51-55,57,66-67H,8-10,15-18,21-22,25-26,35-38H2,1-7H3,(H,68,77)(H,69,78)(H,70,80)(H,71,81)(H,72,79)(H,73,76)/t39-,40-,48?,51-,52?,53?,54-,55-,57+/m0/s1. The van der Waals surface area contributed by atoms with Crippen LogP contribution >= 0.6 is 0 Å². The zero-order valence-corrected chi connectivity index (χ0v) is 48.8. The monoisotopic (exact) mass is 1120 g/mol. The fourth-order valence-corrected chi connectivity index (χ4v) is 12.3. The number of hydrogen-bond donors (Lipinski definition) is 8. The van der Waals surface area contributed by atoms with Gasteiger partial charge in [-0.25, -0.2) is 0 Å². The van der Waals surface area contributed by atoms with Crippen molar-refractivity contribution in [1.82, 2.24) is 42.1 Å². The summed E-state index contributed by atoms with van der Waals surface area (Å²) in [5.41, 5.74) is 5.59. The van der Waals surface area contributed by atoms with Gasteiger partial charge in [-0.05, 0) is 161 Å². The van der Waals surface area contributed by atoms with E-state index in [1.807, 2.05) is 69.3 Å². The van der Waals surface area contributed by atoms with Gasteiger partial charge in [0.2, 0.25) is 29.5 Å². The van der Waals surface area contributed by atoms with Crippen LogP contribution in [0.5, 0.6) is 0 Å². The van der Waals surface area contributed by atoms with E-state index < -0.39 is 65.3 Å². The highest BCUT2D eigenvalue weighted by Crippen LogP contribution is 2.35. The van der Waals surface area contributed by atoms with E-state index in [2.05, 4.69) is 54.7 Å². The highest BCUT2D eigenvalue weighted by Gasteiger charge is 2.46. The van der Waals surface area contributed by atoms with Gasteiger partial charge in [0.1, 0.15) is 23.9 Å². The molecule has 17 nitrogen and oxygen atoms in total. The first-order valence-corrected chi connectivity index (χ1v) is 29.7. The molecule has 2 fully saturated rings. The SMILES string of the molecule is CN[C@@H](C)C(=O)C[C@H](C(=O)N[C@@H](Cc1ccc(NC(=O)c2ccc(C(=O)NC3C[C@@H](C(=O)NC4CCCc5ccccc54)N(C(=O)[C@@H](NC(=O)[C@H](C)NC)C(C)(C)C)C3)cc2)cc1)C(=O)NC1CCCc2ccccc21)C1CCCCC1. The quantitative estimate of drug-likeness (QED) is 0.0427. The molecule has 8 N–H and O–H groups in total. The molecule has 1 saturated heterocycles. The zero-order valence-electron chi connectivity index (χ0n) is 48.8. The number of carbonyl (C=O) groups is 8. The Morgan fingerprint density at radius 2 is 1.17 bits per heavy atom. The molecule has 0 radical (unpaired) electrons. The lowest BCUT2D eigenvalue weighted by molar-refractivity contribution is -0.144. The van der Waals surface area contributed by atoms with Crippen LogP contribution in [0.25, 0.3) is 0 Å². The molecule has 1 heterocycles. The van der Waals surface area contributed by atoms with Crippen LogP contribution in [0.3, 0.4) is 0 Å². The fourth-order valence-electron chi connectivity index (χ4n) is 12.3. The van der Waals surface area contributed by atoms with Crippen molar-refractivity contribution in [3.05, 3.63) is 136 Å². The van der Waals surface area contributed by atoms with Gasteiger partial charge in [0.25, 0.3) is 11.8 Å². The van der Waals surface area contributed by atoms with Crippen LogP contribution in [0.1, 0.15) is 166 Å². The number of carbonyl (C=O) groups excluding carboxylic acids is 8. The average molecular weight is 1120 g/mol. The first-order valence-electron chi connectivity index (χ1n) is 29.7. The number of likely N-dealkylation sites (N-methyl/N-ethyl adjacent to an activating group) is 2. The summed E-state index contributed by atoms with van der Waals surface area (Å²) in [4.78, 5) is 113. The number of likely N-dealkylation sites (tertiary alicyclic amines) is 1. The third-order valence-corrected chi connectivity index (χ3v) is 17.4. The molecule has 4 aliphatic rings. The third-order valence-electron chi connectivity index (χ3n) is 17.4. The predicted octanol–water partition coefficient (Wildman–Crippen LogP) is 6.96. The lowest BCUT2D eigenvalue weighted by Crippen LogP contribution is -2.59. The van der Waals surface area contributed by atoms with Crippen LogP contribution in [0, 0.1) is 17.3 Å². The van der Waals surface area contributed by atoms with E-state index in [0.29, 0.717) is 11.3 Å². The molecular formula is C65H85N9O8. The van der Waals surface area contributed by atoms with E-state index in [4.69, 9.17) is 0 Å². The maximum Gasteiger partial charge on any atom is 0.255 e. The first kappa shape index (κ1) is 60.8. The summed E-state index contributed by atoms with van der Waals surface area (Å²) in [6.45, 7) is 9.11. The van der Waals surface area contributed by atoms with Gasteiger partial charge >= 0.3 is 0 Å². The summed E-state index contributed by atoms with van der Waals surface area (Å²) in [7, 11) is 3.39. The summed E-state index contributed by atoms with van der Waals surface area (Å²) in [6, 6.07) is 24.6. The number of fused-ring (bicyclic) bond motifs is 2. The van der Waals surface area contributed by atoms with Crippen molar-refractivity contribution >= 4 is 52.8 Å². The lowest BCUT2D eigenvalue weighted by atomic mass is 9.76. The number of amides is 7. The lowest BCUT2D eigenvalue weighted by Gasteiger charge is -2.36. The van der Waals surface area contributed by atoms with E-state index in [0.717, 1.165) is 87.3 Å². The summed E-state index contributed by atoms with van der Waals surface area (Å²) in [6.07, 6.45) is 10.4. The van der Waals surface area contributed by atoms with E-state index in [1.165, 1.54) is 16.0 Å². The number of rotatable bonds is 21. The van der Waals surface area contributed by atoms with E-state index in [-0.39, 0.29) is 78.8 Å². The fraction of sp³-hybridized carbons (Fsp3) is 0.508. The molecule has 4 aromatic rings. The molecule has 3 unspecified atom stereocenters. The number of nitrogens with one attached hydrogen (secondary N) is 8. The van der Waals surface area contributed by atoms with Gasteiger partial charge < -0.3 is 47.4 Å². The van der Waals surface area contributed by atoms with Crippen LogP contribution < -0.4 is 42.5 Å². The van der Waals surface area contributed by atoms with Gasteiger partial charge in [-0.1, -0.05) is 101 Å². The molecule has 17 heteroatoms. The highest BCUT2D eigenvalue weighted by atomic mass is 16.2. The van der Waals surface area contributed by atoms with Crippen molar-refractivity contribution in [1.29, 1.82) is 0 Å². The van der Waals surface area contributed by atoms with E-state index in [9.17, 15) is 38.4 Å². The minimum atomic E-state index is -0.969. The number of hydrogen-bond acceptors (Lipinski definition) is 10. The molecule has 438 valence electrons. The predicted molar refractivity (Wildman–Crippen MR) is 316 cm³/mol. The Bertz CT molecular complexity index is 2930. The summed E-state index contributed by atoms with van der Waals surface area (Å²) in [5.74, 6) is -3.14. The van der Waals surface area contributed by atoms with Crippen LogP contribution in [0.15, 0.2) is 97.1 Å². The van der Waals surface area contributed by atoms with Gasteiger partial charge in [0, 0.05) is 48.2 Å². The molecule has 1 saturated carbocycles. The molecule has 0 bridgehead atoms. The van der Waals surface area contributed by atoms with E-state index >= 15 is 0 Å². The Hall–Kier alpha value is -7.24. The van der Waals surface area contributed by atoms with Crippen molar-refractivity contribution in [3.63, 3.8) is 0 Å². The topological polar surface area (TPSA) is 236 Å². The number of benzene rings is 4. The Balaban J connectivity index is 0.929. The second-order valence-electron chi connectivity index (χ2n) is 24.2. The molecule has 1 aliphatic heterocycles. The van der Waals surface area contributed by atoms with Crippen LogP contribution in [-0.2, 0) is 48.0 Å². The number of Topliss-reactive ketones (excluding diaryl/α,β-unsaturated/α-hetero) is 1. The second kappa shape index (κ2) is 27.7. The van der Waals surface area contributed by atoms with Crippen molar-refractivity contribution < 1.29 is 38.4 Å². The summed E-state index contributed by atoms with van der Waals surface area (Å²) in [5, 5.41) is 24.4. The maximum absolute atomic E-state index is 14.6. The van der Waals surface area contributed by atoms with E-state index in [1.54, 1.807) is 64.3 Å². The van der Waals surface area contributed by atoms with Gasteiger partial charge in [-0.2, -0.15) is 0 Å².